The Morgan fingerprint density at radius 1 is 1.00 bits per heavy atom. The van der Waals surface area contributed by atoms with E-state index >= 15 is 0 Å². The van der Waals surface area contributed by atoms with Gasteiger partial charge in [0.25, 0.3) is 0 Å². The molecule has 0 bridgehead atoms. The van der Waals surface area contributed by atoms with Crippen LogP contribution in [0.4, 0.5) is 5.82 Å². The number of hydrogen-bond acceptors (Lipinski definition) is 4. The number of benzene rings is 2. The Bertz CT molecular complexity index is 1320. The number of carbonyl (C=O) groups is 2. The van der Waals surface area contributed by atoms with E-state index in [1.807, 2.05) is 72.8 Å². The van der Waals surface area contributed by atoms with E-state index in [1.165, 1.54) is 0 Å². The highest BCUT2D eigenvalue weighted by molar-refractivity contribution is 5.94. The van der Waals surface area contributed by atoms with Crippen molar-refractivity contribution in [3.05, 3.63) is 90.9 Å². The third-order valence-electron chi connectivity index (χ3n) is 6.15. The molecule has 1 unspecified atom stereocenters. The molecule has 0 aliphatic heterocycles. The summed E-state index contributed by atoms with van der Waals surface area (Å²) in [6, 6.07) is 24.9. The number of amides is 2. The van der Waals surface area contributed by atoms with Crippen LogP contribution < -0.4 is 5.32 Å². The van der Waals surface area contributed by atoms with Crippen LogP contribution in [-0.2, 0) is 16.1 Å². The molecule has 0 fully saturated rings. The summed E-state index contributed by atoms with van der Waals surface area (Å²) in [6.07, 6.45) is 2.85. The van der Waals surface area contributed by atoms with Gasteiger partial charge in [-0.2, -0.15) is 5.10 Å². The van der Waals surface area contributed by atoms with Crippen molar-refractivity contribution in [2.75, 3.05) is 11.9 Å². The molecule has 0 saturated carbocycles. The molecule has 38 heavy (non-hydrogen) atoms. The van der Waals surface area contributed by atoms with Crippen LogP contribution in [0.25, 0.3) is 16.9 Å². The maximum atomic E-state index is 13.3. The van der Waals surface area contributed by atoms with Crippen molar-refractivity contribution in [1.82, 2.24) is 14.7 Å². The first-order valence-corrected chi connectivity index (χ1v) is 13.0. The van der Waals surface area contributed by atoms with E-state index in [9.17, 15) is 9.59 Å². The van der Waals surface area contributed by atoms with Gasteiger partial charge in [0.15, 0.2) is 0 Å². The molecule has 2 heterocycles. The number of rotatable bonds is 10. The van der Waals surface area contributed by atoms with Crippen molar-refractivity contribution in [3.8, 4) is 16.9 Å². The molecular formula is C31H36N4O3. The van der Waals surface area contributed by atoms with Gasteiger partial charge in [0, 0.05) is 18.1 Å². The summed E-state index contributed by atoms with van der Waals surface area (Å²) < 4.78 is 7.20. The summed E-state index contributed by atoms with van der Waals surface area (Å²) >= 11 is 0. The Hall–Kier alpha value is -4.13. The first-order chi connectivity index (χ1) is 18.2. The number of carbonyl (C=O) groups excluding carboxylic acids is 2. The molecular weight excluding hydrogens is 476 g/mol. The Kier molecular flexibility index (Phi) is 8.46. The molecule has 2 aromatic carbocycles. The summed E-state index contributed by atoms with van der Waals surface area (Å²) in [4.78, 5) is 28.2. The Morgan fingerprint density at radius 2 is 1.68 bits per heavy atom. The second-order valence-corrected chi connectivity index (χ2v) is 11.0. The van der Waals surface area contributed by atoms with Crippen molar-refractivity contribution < 1.29 is 14.0 Å². The minimum atomic E-state index is -0.301. The highest BCUT2D eigenvalue weighted by atomic mass is 16.3. The minimum absolute atomic E-state index is 0.0742. The molecule has 4 aromatic rings. The number of nitrogens with zero attached hydrogens (tertiary/aromatic N) is 3. The van der Waals surface area contributed by atoms with Gasteiger partial charge >= 0.3 is 0 Å². The molecule has 1 N–H and O–H groups in total. The smallest absolute Gasteiger partial charge is 0.245 e. The van der Waals surface area contributed by atoms with E-state index in [-0.39, 0.29) is 36.2 Å². The molecule has 0 radical (unpaired) electrons. The lowest BCUT2D eigenvalue weighted by molar-refractivity contribution is -0.136. The van der Waals surface area contributed by atoms with Gasteiger partial charge < -0.3 is 14.6 Å². The second kappa shape index (κ2) is 11.9. The number of anilines is 1. The van der Waals surface area contributed by atoms with Crippen LogP contribution in [0.5, 0.6) is 0 Å². The third kappa shape index (κ3) is 7.44. The monoisotopic (exact) mass is 512 g/mol. The van der Waals surface area contributed by atoms with Gasteiger partial charge in [-0.05, 0) is 42.0 Å². The number of para-hydroxylation sites is 1. The summed E-state index contributed by atoms with van der Waals surface area (Å²) in [5, 5.41) is 7.75. The zero-order chi connectivity index (χ0) is 27.1. The average Bonchev–Trinajstić information content (AvgIpc) is 3.53. The molecule has 198 valence electrons. The summed E-state index contributed by atoms with van der Waals surface area (Å²) in [5.74, 6) is 0.986. The van der Waals surface area contributed by atoms with Gasteiger partial charge in [-0.1, -0.05) is 76.2 Å². The molecule has 0 saturated heterocycles. The molecule has 0 aliphatic rings. The van der Waals surface area contributed by atoms with E-state index in [0.717, 1.165) is 23.4 Å². The largest absolute Gasteiger partial charge is 0.467 e. The molecule has 7 heteroatoms. The van der Waals surface area contributed by atoms with Crippen LogP contribution in [-0.4, -0.2) is 33.0 Å². The minimum Gasteiger partial charge on any atom is -0.467 e. The Labute approximate surface area is 224 Å². The fraction of sp³-hybridized carbons (Fsp3) is 0.323. The third-order valence-corrected chi connectivity index (χ3v) is 6.15. The zero-order valence-corrected chi connectivity index (χ0v) is 22.6. The fourth-order valence-electron chi connectivity index (χ4n) is 4.71. The molecule has 2 amide bonds. The molecule has 4 rings (SSSR count). The van der Waals surface area contributed by atoms with Crippen molar-refractivity contribution in [3.63, 3.8) is 0 Å². The molecule has 7 nitrogen and oxygen atoms in total. The van der Waals surface area contributed by atoms with Crippen LogP contribution in [0.15, 0.2) is 89.5 Å². The number of furan rings is 1. The number of nitrogens with one attached hydrogen (secondary N) is 1. The van der Waals surface area contributed by atoms with Gasteiger partial charge in [-0.3, -0.25) is 9.59 Å². The van der Waals surface area contributed by atoms with E-state index in [4.69, 9.17) is 9.52 Å². The lowest BCUT2D eigenvalue weighted by atomic mass is 9.84. The van der Waals surface area contributed by atoms with Gasteiger partial charge in [-0.15, -0.1) is 0 Å². The molecule has 2 aromatic heterocycles. The highest BCUT2D eigenvalue weighted by Gasteiger charge is 2.24. The van der Waals surface area contributed by atoms with E-state index in [0.29, 0.717) is 18.0 Å². The highest BCUT2D eigenvalue weighted by Crippen LogP contribution is 2.27. The van der Waals surface area contributed by atoms with E-state index < -0.39 is 0 Å². The van der Waals surface area contributed by atoms with Gasteiger partial charge in [0.2, 0.25) is 11.8 Å². The molecule has 1 atom stereocenters. The van der Waals surface area contributed by atoms with Crippen molar-refractivity contribution in [1.29, 1.82) is 0 Å². The summed E-state index contributed by atoms with van der Waals surface area (Å²) in [5.41, 5.74) is 2.63. The average molecular weight is 513 g/mol. The van der Waals surface area contributed by atoms with E-state index in [1.54, 1.807) is 21.9 Å². The topological polar surface area (TPSA) is 80.4 Å². The number of hydrogen-bond donors (Lipinski definition) is 1. The predicted molar refractivity (Wildman–Crippen MR) is 150 cm³/mol. The van der Waals surface area contributed by atoms with Crippen LogP contribution in [0.3, 0.4) is 0 Å². The summed E-state index contributed by atoms with van der Waals surface area (Å²) in [6.45, 7) is 8.72. The maximum absolute atomic E-state index is 13.3. The SMILES string of the molecule is CC(CC(=O)N(CC(=O)Nc1cc(-c2ccccc2)nn1-c1ccccc1)Cc1ccco1)CC(C)(C)C. The molecule has 0 spiro atoms. The Balaban J connectivity index is 1.54. The lowest BCUT2D eigenvalue weighted by Gasteiger charge is -2.26. The second-order valence-electron chi connectivity index (χ2n) is 11.0. The van der Waals surface area contributed by atoms with Crippen LogP contribution in [0.1, 0.15) is 46.3 Å². The van der Waals surface area contributed by atoms with Gasteiger partial charge in [0.1, 0.15) is 18.1 Å². The predicted octanol–water partition coefficient (Wildman–Crippen LogP) is 6.56. The molecule has 0 aliphatic carbocycles. The normalized spacial score (nSPS) is 12.2. The number of aromatic nitrogens is 2. The van der Waals surface area contributed by atoms with Crippen molar-refractivity contribution in [2.24, 2.45) is 11.3 Å². The van der Waals surface area contributed by atoms with Gasteiger partial charge in [-0.25, -0.2) is 4.68 Å². The lowest BCUT2D eigenvalue weighted by Crippen LogP contribution is -2.38. The van der Waals surface area contributed by atoms with Crippen LogP contribution >= 0.6 is 0 Å². The Morgan fingerprint density at radius 3 is 2.32 bits per heavy atom. The fourth-order valence-corrected chi connectivity index (χ4v) is 4.71. The van der Waals surface area contributed by atoms with E-state index in [2.05, 4.69) is 33.0 Å². The van der Waals surface area contributed by atoms with Crippen molar-refractivity contribution >= 4 is 17.6 Å². The quantitative estimate of drug-likeness (QED) is 0.261. The summed E-state index contributed by atoms with van der Waals surface area (Å²) in [7, 11) is 0. The van der Waals surface area contributed by atoms with Crippen molar-refractivity contribution in [2.45, 2.75) is 47.1 Å². The maximum Gasteiger partial charge on any atom is 0.245 e. The van der Waals surface area contributed by atoms with Gasteiger partial charge in [0.05, 0.1) is 24.2 Å². The first kappa shape index (κ1) is 26.9. The first-order valence-electron chi connectivity index (χ1n) is 13.0. The van der Waals surface area contributed by atoms with Crippen LogP contribution in [0.2, 0.25) is 0 Å². The van der Waals surface area contributed by atoms with Crippen LogP contribution in [0, 0.1) is 11.3 Å². The standard InChI is InChI=1S/C31H36N4O3/c1-23(20-31(2,3)4)18-30(37)34(21-26-16-11-17-38-26)22-29(36)32-28-19-27(24-12-7-5-8-13-24)33-35(28)25-14-9-6-10-15-25/h5-17,19,23H,18,20-22H2,1-4H3,(H,32,36). The zero-order valence-electron chi connectivity index (χ0n) is 22.6.